The van der Waals surface area contributed by atoms with Crippen LogP contribution >= 0.6 is 11.6 Å². The lowest BCUT2D eigenvalue weighted by atomic mass is 10.2. The Bertz CT molecular complexity index is 763. The number of hydrogen-bond donors (Lipinski definition) is 2. The second-order valence-electron chi connectivity index (χ2n) is 4.41. The molecule has 2 heterocycles. The predicted molar refractivity (Wildman–Crippen MR) is 83.4 cm³/mol. The van der Waals surface area contributed by atoms with Gasteiger partial charge in [-0.25, -0.2) is 0 Å². The summed E-state index contributed by atoms with van der Waals surface area (Å²) in [6.07, 6.45) is 3.61. The standard InChI is InChI=1S/C15H13ClN4/c1-10(13-3-2-7-17-13)19-20-14-6-8-18-15-9-11(16)4-5-12(14)15/h2-9,17H,1H3,(H,18,20). The van der Waals surface area contributed by atoms with Crippen molar-refractivity contribution in [1.82, 2.24) is 9.97 Å². The topological polar surface area (TPSA) is 53.1 Å². The molecule has 0 aliphatic heterocycles. The Hall–Kier alpha value is -2.33. The fourth-order valence-corrected chi connectivity index (χ4v) is 2.14. The van der Waals surface area contributed by atoms with Gasteiger partial charge in [-0.3, -0.25) is 10.4 Å². The number of fused-ring (bicyclic) bond motifs is 1. The number of anilines is 1. The normalized spacial score (nSPS) is 11.8. The van der Waals surface area contributed by atoms with Crippen LogP contribution in [0.2, 0.25) is 5.02 Å². The maximum absolute atomic E-state index is 5.97. The Labute approximate surface area is 121 Å². The second-order valence-corrected chi connectivity index (χ2v) is 4.85. The van der Waals surface area contributed by atoms with Crippen LogP contribution in [0.25, 0.3) is 10.9 Å². The number of hydrazone groups is 1. The number of aromatic nitrogens is 2. The summed E-state index contributed by atoms with van der Waals surface area (Å²) in [5, 5.41) is 6.04. The van der Waals surface area contributed by atoms with Crippen molar-refractivity contribution in [2.45, 2.75) is 6.92 Å². The molecule has 0 aliphatic carbocycles. The summed E-state index contributed by atoms with van der Waals surface area (Å²) in [4.78, 5) is 7.42. The van der Waals surface area contributed by atoms with Crippen LogP contribution in [-0.4, -0.2) is 15.7 Å². The molecule has 0 amide bonds. The summed E-state index contributed by atoms with van der Waals surface area (Å²) >= 11 is 5.97. The molecule has 0 bridgehead atoms. The van der Waals surface area contributed by atoms with Crippen LogP contribution in [0.1, 0.15) is 12.6 Å². The highest BCUT2D eigenvalue weighted by molar-refractivity contribution is 6.31. The Balaban J connectivity index is 1.93. The van der Waals surface area contributed by atoms with Crippen LogP contribution in [0, 0.1) is 0 Å². The fourth-order valence-electron chi connectivity index (χ4n) is 1.98. The highest BCUT2D eigenvalue weighted by atomic mass is 35.5. The van der Waals surface area contributed by atoms with E-state index in [0.29, 0.717) is 5.02 Å². The molecular weight excluding hydrogens is 272 g/mol. The van der Waals surface area contributed by atoms with Crippen molar-refractivity contribution < 1.29 is 0 Å². The molecule has 0 atom stereocenters. The number of nitrogens with one attached hydrogen (secondary N) is 2. The molecule has 0 fully saturated rings. The SMILES string of the molecule is CC(=NNc1ccnc2cc(Cl)ccc12)c1ccc[nH]1. The van der Waals surface area contributed by atoms with Crippen molar-refractivity contribution in [2.75, 3.05) is 5.43 Å². The zero-order valence-electron chi connectivity index (χ0n) is 10.9. The van der Waals surface area contributed by atoms with Crippen LogP contribution in [0.3, 0.4) is 0 Å². The molecule has 100 valence electrons. The summed E-state index contributed by atoms with van der Waals surface area (Å²) in [5.74, 6) is 0. The first-order valence-electron chi connectivity index (χ1n) is 6.22. The lowest BCUT2D eigenvalue weighted by molar-refractivity contribution is 1.28. The molecule has 1 aromatic carbocycles. The summed E-state index contributed by atoms with van der Waals surface area (Å²) in [6.45, 7) is 1.94. The number of nitrogens with zero attached hydrogens (tertiary/aromatic N) is 2. The van der Waals surface area contributed by atoms with Gasteiger partial charge in [0, 0.05) is 22.8 Å². The number of pyridine rings is 1. The minimum atomic E-state index is 0.674. The largest absolute Gasteiger partial charge is 0.360 e. The van der Waals surface area contributed by atoms with Gasteiger partial charge < -0.3 is 4.98 Å². The van der Waals surface area contributed by atoms with Gasteiger partial charge >= 0.3 is 0 Å². The van der Waals surface area contributed by atoms with Crippen LogP contribution in [-0.2, 0) is 0 Å². The molecule has 20 heavy (non-hydrogen) atoms. The predicted octanol–water partition coefficient (Wildman–Crippen LogP) is 4.05. The average molecular weight is 285 g/mol. The molecule has 3 aromatic rings. The van der Waals surface area contributed by atoms with Gasteiger partial charge in [0.1, 0.15) is 0 Å². The number of H-pyrrole nitrogens is 1. The van der Waals surface area contributed by atoms with Gasteiger partial charge in [-0.15, -0.1) is 0 Å². The minimum Gasteiger partial charge on any atom is -0.360 e. The first-order chi connectivity index (χ1) is 9.74. The lowest BCUT2D eigenvalue weighted by Gasteiger charge is -2.06. The Morgan fingerprint density at radius 3 is 3.00 bits per heavy atom. The summed E-state index contributed by atoms with van der Waals surface area (Å²) in [5.41, 5.74) is 6.69. The van der Waals surface area contributed by atoms with Crippen LogP contribution in [0.4, 0.5) is 5.69 Å². The third-order valence-electron chi connectivity index (χ3n) is 3.04. The second kappa shape index (κ2) is 5.35. The van der Waals surface area contributed by atoms with E-state index in [1.54, 1.807) is 6.20 Å². The molecule has 0 unspecified atom stereocenters. The van der Waals surface area contributed by atoms with Gasteiger partial charge in [0.15, 0.2) is 0 Å². The van der Waals surface area contributed by atoms with Crippen molar-refractivity contribution in [3.8, 4) is 0 Å². The maximum atomic E-state index is 5.97. The van der Waals surface area contributed by atoms with Gasteiger partial charge in [-0.1, -0.05) is 11.6 Å². The smallest absolute Gasteiger partial charge is 0.0810 e. The monoisotopic (exact) mass is 284 g/mol. The van der Waals surface area contributed by atoms with E-state index in [2.05, 4.69) is 20.5 Å². The van der Waals surface area contributed by atoms with E-state index in [-0.39, 0.29) is 0 Å². The van der Waals surface area contributed by atoms with Crippen LogP contribution < -0.4 is 5.43 Å². The number of hydrogen-bond acceptors (Lipinski definition) is 3. The summed E-state index contributed by atoms with van der Waals surface area (Å²) in [6, 6.07) is 11.4. The third kappa shape index (κ3) is 2.51. The van der Waals surface area contributed by atoms with Gasteiger partial charge in [0.25, 0.3) is 0 Å². The number of benzene rings is 1. The number of rotatable bonds is 3. The first-order valence-corrected chi connectivity index (χ1v) is 6.60. The lowest BCUT2D eigenvalue weighted by Crippen LogP contribution is -2.00. The summed E-state index contributed by atoms with van der Waals surface area (Å²) in [7, 11) is 0. The molecule has 3 rings (SSSR count). The quantitative estimate of drug-likeness (QED) is 0.563. The highest BCUT2D eigenvalue weighted by Crippen LogP contribution is 2.24. The molecule has 0 aliphatic rings. The van der Waals surface area contributed by atoms with E-state index in [0.717, 1.165) is 28.0 Å². The van der Waals surface area contributed by atoms with E-state index in [9.17, 15) is 0 Å². The van der Waals surface area contributed by atoms with Crippen molar-refractivity contribution >= 4 is 33.9 Å². The van der Waals surface area contributed by atoms with Gasteiger partial charge in [0.05, 0.1) is 22.6 Å². The third-order valence-corrected chi connectivity index (χ3v) is 3.27. The molecule has 2 N–H and O–H groups in total. The molecule has 4 nitrogen and oxygen atoms in total. The Morgan fingerprint density at radius 2 is 2.20 bits per heavy atom. The van der Waals surface area contributed by atoms with Crippen molar-refractivity contribution in [1.29, 1.82) is 0 Å². The number of halogens is 1. The van der Waals surface area contributed by atoms with Crippen molar-refractivity contribution in [3.05, 3.63) is 59.5 Å². The minimum absolute atomic E-state index is 0.674. The van der Waals surface area contributed by atoms with Crippen LogP contribution in [0.15, 0.2) is 53.9 Å². The molecule has 5 heteroatoms. The molecular formula is C15H13ClN4. The molecule has 0 radical (unpaired) electrons. The molecule has 0 spiro atoms. The zero-order valence-corrected chi connectivity index (χ0v) is 11.6. The molecule has 0 saturated heterocycles. The first kappa shape index (κ1) is 12.7. The van der Waals surface area contributed by atoms with Crippen LogP contribution in [0.5, 0.6) is 0 Å². The number of aromatic amines is 1. The Morgan fingerprint density at radius 1 is 1.30 bits per heavy atom. The van der Waals surface area contributed by atoms with Gasteiger partial charge in [0.2, 0.25) is 0 Å². The van der Waals surface area contributed by atoms with E-state index in [1.807, 2.05) is 49.5 Å². The fraction of sp³-hybridized carbons (Fsp3) is 0.0667. The van der Waals surface area contributed by atoms with Crippen molar-refractivity contribution in [2.24, 2.45) is 5.10 Å². The maximum Gasteiger partial charge on any atom is 0.0810 e. The van der Waals surface area contributed by atoms with E-state index < -0.39 is 0 Å². The average Bonchev–Trinajstić information content (AvgIpc) is 2.98. The van der Waals surface area contributed by atoms with E-state index in [4.69, 9.17) is 11.6 Å². The molecule has 2 aromatic heterocycles. The van der Waals surface area contributed by atoms with Crippen molar-refractivity contribution in [3.63, 3.8) is 0 Å². The Kier molecular flexibility index (Phi) is 3.39. The highest BCUT2D eigenvalue weighted by Gasteiger charge is 2.02. The van der Waals surface area contributed by atoms with E-state index in [1.165, 1.54) is 0 Å². The summed E-state index contributed by atoms with van der Waals surface area (Å²) < 4.78 is 0. The van der Waals surface area contributed by atoms with E-state index >= 15 is 0 Å². The van der Waals surface area contributed by atoms with Gasteiger partial charge in [-0.2, -0.15) is 5.10 Å². The van der Waals surface area contributed by atoms with Gasteiger partial charge in [-0.05, 0) is 43.3 Å². The molecule has 0 saturated carbocycles. The zero-order chi connectivity index (χ0) is 13.9.